The van der Waals surface area contributed by atoms with Gasteiger partial charge in [0.25, 0.3) is 5.56 Å². The monoisotopic (exact) mass is 370 g/mol. The minimum absolute atomic E-state index is 0.0143. The molecule has 0 unspecified atom stereocenters. The van der Waals surface area contributed by atoms with Crippen molar-refractivity contribution in [1.82, 2.24) is 9.97 Å². The number of rotatable bonds is 2. The largest absolute Gasteiger partial charge is 0.306 e. The van der Waals surface area contributed by atoms with Crippen molar-refractivity contribution < 1.29 is 4.39 Å². The van der Waals surface area contributed by atoms with Gasteiger partial charge in [0.15, 0.2) is 0 Å². The zero-order chi connectivity index (χ0) is 15.0. The van der Waals surface area contributed by atoms with Gasteiger partial charge in [-0.3, -0.25) is 4.79 Å². The SMILES string of the molecule is O=c1[nH]c(-c2ccc(F)c(Cl)c2)nc(C2CCCC2)c1Br. The second kappa shape index (κ2) is 5.89. The Labute approximate surface area is 134 Å². The molecule has 3 nitrogen and oxygen atoms in total. The molecule has 0 saturated heterocycles. The van der Waals surface area contributed by atoms with Crippen LogP contribution in [0.4, 0.5) is 4.39 Å². The van der Waals surface area contributed by atoms with E-state index in [9.17, 15) is 9.18 Å². The summed E-state index contributed by atoms with van der Waals surface area (Å²) >= 11 is 9.13. The van der Waals surface area contributed by atoms with E-state index >= 15 is 0 Å². The van der Waals surface area contributed by atoms with Crippen LogP contribution in [0, 0.1) is 5.82 Å². The third-order valence-corrected chi connectivity index (χ3v) is 4.88. The number of benzene rings is 1. The Hall–Kier alpha value is -1.20. The summed E-state index contributed by atoms with van der Waals surface area (Å²) in [4.78, 5) is 19.4. The predicted molar refractivity (Wildman–Crippen MR) is 84.2 cm³/mol. The fraction of sp³-hybridized carbons (Fsp3) is 0.333. The van der Waals surface area contributed by atoms with Gasteiger partial charge in [-0.15, -0.1) is 0 Å². The van der Waals surface area contributed by atoms with Gasteiger partial charge in [-0.05, 0) is 47.0 Å². The molecule has 0 aliphatic heterocycles. The average molecular weight is 372 g/mol. The standard InChI is InChI=1S/C15H13BrClFN2O/c16-12-13(8-3-1-2-4-8)19-14(20-15(12)21)9-5-6-11(18)10(17)7-9/h5-8H,1-4H2,(H,19,20,21). The first kappa shape index (κ1) is 14.7. The molecule has 1 aromatic carbocycles. The molecule has 2 aromatic rings. The van der Waals surface area contributed by atoms with Gasteiger partial charge >= 0.3 is 0 Å². The quantitative estimate of drug-likeness (QED) is 0.835. The smallest absolute Gasteiger partial charge is 0.265 e. The second-order valence-corrected chi connectivity index (χ2v) is 6.42. The van der Waals surface area contributed by atoms with E-state index in [-0.39, 0.29) is 10.6 Å². The summed E-state index contributed by atoms with van der Waals surface area (Å²) in [7, 11) is 0. The zero-order valence-corrected chi connectivity index (χ0v) is 13.5. The van der Waals surface area contributed by atoms with E-state index in [1.54, 1.807) is 6.07 Å². The molecule has 1 heterocycles. The van der Waals surface area contributed by atoms with Crippen LogP contribution in [-0.2, 0) is 0 Å². The van der Waals surface area contributed by atoms with E-state index in [2.05, 4.69) is 25.9 Å². The van der Waals surface area contributed by atoms with Crippen molar-refractivity contribution in [2.24, 2.45) is 0 Å². The maximum atomic E-state index is 13.3. The molecule has 1 aliphatic carbocycles. The van der Waals surface area contributed by atoms with Crippen LogP contribution >= 0.6 is 27.5 Å². The third-order valence-electron chi connectivity index (χ3n) is 3.82. The third kappa shape index (κ3) is 2.90. The van der Waals surface area contributed by atoms with Crippen LogP contribution in [0.25, 0.3) is 11.4 Å². The molecule has 21 heavy (non-hydrogen) atoms. The number of hydrogen-bond acceptors (Lipinski definition) is 2. The predicted octanol–water partition coefficient (Wildman–Crippen LogP) is 4.65. The van der Waals surface area contributed by atoms with Crippen molar-refractivity contribution in [3.05, 3.63) is 49.6 Å². The average Bonchev–Trinajstić information content (AvgIpc) is 2.98. The molecule has 1 fully saturated rings. The highest BCUT2D eigenvalue weighted by molar-refractivity contribution is 9.10. The van der Waals surface area contributed by atoms with Crippen molar-refractivity contribution in [3.8, 4) is 11.4 Å². The molecule has 110 valence electrons. The van der Waals surface area contributed by atoms with Crippen molar-refractivity contribution >= 4 is 27.5 Å². The Morgan fingerprint density at radius 2 is 2.05 bits per heavy atom. The Kier molecular flexibility index (Phi) is 4.13. The van der Waals surface area contributed by atoms with Gasteiger partial charge < -0.3 is 4.98 Å². The molecule has 1 N–H and O–H groups in total. The van der Waals surface area contributed by atoms with E-state index in [1.807, 2.05) is 0 Å². The normalized spacial score (nSPS) is 15.6. The lowest BCUT2D eigenvalue weighted by Crippen LogP contribution is -2.15. The summed E-state index contributed by atoms with van der Waals surface area (Å²) in [5.41, 5.74) is 1.17. The second-order valence-electron chi connectivity index (χ2n) is 5.22. The molecule has 0 bridgehead atoms. The van der Waals surface area contributed by atoms with Crippen LogP contribution in [0.1, 0.15) is 37.3 Å². The maximum absolute atomic E-state index is 13.3. The first-order valence-corrected chi connectivity index (χ1v) is 7.98. The van der Waals surface area contributed by atoms with Crippen molar-refractivity contribution in [2.75, 3.05) is 0 Å². The fourth-order valence-corrected chi connectivity index (χ4v) is 3.42. The summed E-state index contributed by atoms with van der Waals surface area (Å²) in [6, 6.07) is 4.31. The lowest BCUT2D eigenvalue weighted by molar-refractivity contribution is 0.628. The Balaban J connectivity index is 2.10. The maximum Gasteiger partial charge on any atom is 0.265 e. The zero-order valence-electron chi connectivity index (χ0n) is 11.1. The van der Waals surface area contributed by atoms with Crippen LogP contribution in [0.2, 0.25) is 5.02 Å². The van der Waals surface area contributed by atoms with Gasteiger partial charge in [0, 0.05) is 11.5 Å². The van der Waals surface area contributed by atoms with Crippen molar-refractivity contribution in [1.29, 1.82) is 0 Å². The highest BCUT2D eigenvalue weighted by Gasteiger charge is 2.23. The number of aromatic amines is 1. The number of H-pyrrole nitrogens is 1. The Morgan fingerprint density at radius 3 is 2.71 bits per heavy atom. The summed E-state index contributed by atoms with van der Waals surface area (Å²) in [6.07, 6.45) is 4.39. The van der Waals surface area contributed by atoms with E-state index in [4.69, 9.17) is 11.6 Å². The Bertz CT molecular complexity index is 741. The van der Waals surface area contributed by atoms with Crippen LogP contribution in [0.5, 0.6) is 0 Å². The van der Waals surface area contributed by atoms with E-state index < -0.39 is 5.82 Å². The van der Waals surface area contributed by atoms with Crippen LogP contribution < -0.4 is 5.56 Å². The first-order chi connectivity index (χ1) is 10.1. The molecular weight excluding hydrogens is 359 g/mol. The van der Waals surface area contributed by atoms with E-state index in [0.29, 0.717) is 21.8 Å². The summed E-state index contributed by atoms with van der Waals surface area (Å²) in [5, 5.41) is 0.0143. The number of nitrogens with zero attached hydrogens (tertiary/aromatic N) is 1. The fourth-order valence-electron chi connectivity index (χ4n) is 2.73. The molecule has 1 aliphatic rings. The van der Waals surface area contributed by atoms with Crippen LogP contribution in [0.3, 0.4) is 0 Å². The summed E-state index contributed by atoms with van der Waals surface area (Å²) < 4.78 is 13.7. The number of nitrogens with one attached hydrogen (secondary N) is 1. The van der Waals surface area contributed by atoms with E-state index in [0.717, 1.165) is 31.4 Å². The van der Waals surface area contributed by atoms with Gasteiger partial charge in [0.2, 0.25) is 0 Å². The Morgan fingerprint density at radius 1 is 1.33 bits per heavy atom. The van der Waals surface area contributed by atoms with E-state index in [1.165, 1.54) is 12.1 Å². The molecule has 6 heteroatoms. The van der Waals surface area contributed by atoms with Gasteiger partial charge in [-0.1, -0.05) is 24.4 Å². The summed E-state index contributed by atoms with van der Waals surface area (Å²) in [5.74, 6) is 0.235. The molecule has 0 radical (unpaired) electrons. The first-order valence-electron chi connectivity index (χ1n) is 6.81. The van der Waals surface area contributed by atoms with Crippen molar-refractivity contribution in [3.63, 3.8) is 0 Å². The van der Waals surface area contributed by atoms with Crippen molar-refractivity contribution in [2.45, 2.75) is 31.6 Å². The molecule has 0 atom stereocenters. The van der Waals surface area contributed by atoms with Crippen LogP contribution in [0.15, 0.2) is 27.5 Å². The molecule has 0 spiro atoms. The lowest BCUT2D eigenvalue weighted by Gasteiger charge is -2.12. The minimum atomic E-state index is -0.490. The van der Waals surface area contributed by atoms with Gasteiger partial charge in [-0.25, -0.2) is 9.37 Å². The minimum Gasteiger partial charge on any atom is -0.306 e. The van der Waals surface area contributed by atoms with Gasteiger partial charge in [0.1, 0.15) is 16.1 Å². The number of halogens is 3. The van der Waals surface area contributed by atoms with Crippen LogP contribution in [-0.4, -0.2) is 9.97 Å². The lowest BCUT2D eigenvalue weighted by atomic mass is 10.0. The molecular formula is C15H13BrClFN2O. The molecule has 1 aromatic heterocycles. The number of aromatic nitrogens is 2. The molecule has 0 amide bonds. The molecule has 1 saturated carbocycles. The summed E-state index contributed by atoms with van der Waals surface area (Å²) in [6.45, 7) is 0. The van der Waals surface area contributed by atoms with Gasteiger partial charge in [0.05, 0.1) is 10.7 Å². The topological polar surface area (TPSA) is 45.8 Å². The van der Waals surface area contributed by atoms with Gasteiger partial charge in [-0.2, -0.15) is 0 Å². The molecule has 3 rings (SSSR count). The number of hydrogen-bond donors (Lipinski definition) is 1. The highest BCUT2D eigenvalue weighted by Crippen LogP contribution is 2.36. The highest BCUT2D eigenvalue weighted by atomic mass is 79.9.